The third kappa shape index (κ3) is 4.53. The second-order valence-corrected chi connectivity index (χ2v) is 5.72. The molecule has 2 rings (SSSR count). The van der Waals surface area contributed by atoms with Crippen LogP contribution in [0.5, 0.6) is 5.75 Å². The SMILES string of the molecule is CC(C)c1cccc(OCC(=O)NCC(O)C2CC2)c1. The Labute approximate surface area is 120 Å². The summed E-state index contributed by atoms with van der Waals surface area (Å²) in [5.41, 5.74) is 1.19. The highest BCUT2D eigenvalue weighted by molar-refractivity contribution is 5.77. The second kappa shape index (κ2) is 6.75. The molecule has 0 heterocycles. The first-order chi connectivity index (χ1) is 9.56. The standard InChI is InChI=1S/C16H23NO3/c1-11(2)13-4-3-5-14(8-13)20-10-16(19)17-9-15(18)12-6-7-12/h3-5,8,11-12,15,18H,6-7,9-10H2,1-2H3,(H,17,19). The first-order valence-corrected chi connectivity index (χ1v) is 7.24. The van der Waals surface area contributed by atoms with Crippen molar-refractivity contribution in [3.05, 3.63) is 29.8 Å². The van der Waals surface area contributed by atoms with Gasteiger partial charge in [0, 0.05) is 6.54 Å². The Balaban J connectivity index is 1.73. The monoisotopic (exact) mass is 277 g/mol. The van der Waals surface area contributed by atoms with Gasteiger partial charge in [-0.15, -0.1) is 0 Å². The predicted octanol–water partition coefficient (Wildman–Crippen LogP) is 2.08. The van der Waals surface area contributed by atoms with E-state index in [1.165, 1.54) is 5.56 Å². The molecule has 110 valence electrons. The molecule has 1 aromatic rings. The van der Waals surface area contributed by atoms with E-state index in [0.29, 0.717) is 24.1 Å². The first kappa shape index (κ1) is 14.9. The number of carbonyl (C=O) groups excluding carboxylic acids is 1. The molecule has 0 saturated heterocycles. The van der Waals surface area contributed by atoms with E-state index < -0.39 is 6.10 Å². The van der Waals surface area contributed by atoms with E-state index in [2.05, 4.69) is 19.2 Å². The molecule has 1 atom stereocenters. The van der Waals surface area contributed by atoms with Crippen molar-refractivity contribution in [1.82, 2.24) is 5.32 Å². The maximum atomic E-state index is 11.6. The van der Waals surface area contributed by atoms with Crippen LogP contribution in [0.1, 0.15) is 38.2 Å². The molecular weight excluding hydrogens is 254 g/mol. The number of aliphatic hydroxyl groups excluding tert-OH is 1. The van der Waals surface area contributed by atoms with E-state index in [-0.39, 0.29) is 12.5 Å². The van der Waals surface area contributed by atoms with Gasteiger partial charge in [0.1, 0.15) is 5.75 Å². The molecule has 4 nitrogen and oxygen atoms in total. The molecule has 1 unspecified atom stereocenters. The zero-order chi connectivity index (χ0) is 14.5. The predicted molar refractivity (Wildman–Crippen MR) is 77.8 cm³/mol. The Morgan fingerprint density at radius 2 is 2.20 bits per heavy atom. The van der Waals surface area contributed by atoms with Gasteiger partial charge in [-0.25, -0.2) is 0 Å². The molecule has 1 aliphatic rings. The molecule has 0 radical (unpaired) electrons. The van der Waals surface area contributed by atoms with Crippen molar-refractivity contribution in [1.29, 1.82) is 0 Å². The van der Waals surface area contributed by atoms with Gasteiger partial charge in [-0.3, -0.25) is 4.79 Å². The summed E-state index contributed by atoms with van der Waals surface area (Å²) in [4.78, 5) is 11.6. The molecule has 0 aliphatic heterocycles. The van der Waals surface area contributed by atoms with Crippen LogP contribution in [-0.4, -0.2) is 30.3 Å². The van der Waals surface area contributed by atoms with E-state index in [1.54, 1.807) is 0 Å². The minimum Gasteiger partial charge on any atom is -0.484 e. The van der Waals surface area contributed by atoms with Crippen LogP contribution >= 0.6 is 0 Å². The molecule has 1 aliphatic carbocycles. The van der Waals surface area contributed by atoms with Gasteiger partial charge in [0.15, 0.2) is 6.61 Å². The highest BCUT2D eigenvalue weighted by Gasteiger charge is 2.29. The van der Waals surface area contributed by atoms with E-state index in [0.717, 1.165) is 12.8 Å². The summed E-state index contributed by atoms with van der Waals surface area (Å²) in [6, 6.07) is 7.78. The summed E-state index contributed by atoms with van der Waals surface area (Å²) in [6.07, 6.45) is 1.72. The Hall–Kier alpha value is -1.55. The highest BCUT2D eigenvalue weighted by atomic mass is 16.5. The second-order valence-electron chi connectivity index (χ2n) is 5.72. The van der Waals surface area contributed by atoms with Gasteiger partial charge in [0.2, 0.25) is 0 Å². The molecule has 0 aromatic heterocycles. The van der Waals surface area contributed by atoms with Crippen LogP contribution in [0.4, 0.5) is 0 Å². The molecule has 2 N–H and O–H groups in total. The summed E-state index contributed by atoms with van der Waals surface area (Å²) in [7, 11) is 0. The number of aliphatic hydroxyl groups is 1. The van der Waals surface area contributed by atoms with Crippen LogP contribution in [0, 0.1) is 5.92 Å². The van der Waals surface area contributed by atoms with Crippen molar-refractivity contribution >= 4 is 5.91 Å². The lowest BCUT2D eigenvalue weighted by Crippen LogP contribution is -2.36. The molecule has 0 bridgehead atoms. The number of benzene rings is 1. The largest absolute Gasteiger partial charge is 0.484 e. The summed E-state index contributed by atoms with van der Waals surface area (Å²) >= 11 is 0. The van der Waals surface area contributed by atoms with Crippen LogP contribution < -0.4 is 10.1 Å². The molecule has 1 aromatic carbocycles. The average Bonchev–Trinajstić information content (AvgIpc) is 3.27. The number of nitrogens with one attached hydrogen (secondary N) is 1. The fourth-order valence-corrected chi connectivity index (χ4v) is 2.03. The zero-order valence-electron chi connectivity index (χ0n) is 12.1. The topological polar surface area (TPSA) is 58.6 Å². The van der Waals surface area contributed by atoms with Crippen molar-refractivity contribution in [3.8, 4) is 5.75 Å². The Kier molecular flexibility index (Phi) is 5.01. The molecule has 1 fully saturated rings. The van der Waals surface area contributed by atoms with Crippen molar-refractivity contribution < 1.29 is 14.6 Å². The van der Waals surface area contributed by atoms with Gasteiger partial charge in [-0.2, -0.15) is 0 Å². The molecular formula is C16H23NO3. The van der Waals surface area contributed by atoms with Crippen LogP contribution in [0.3, 0.4) is 0 Å². The molecule has 20 heavy (non-hydrogen) atoms. The van der Waals surface area contributed by atoms with Crippen molar-refractivity contribution in [3.63, 3.8) is 0 Å². The van der Waals surface area contributed by atoms with Crippen LogP contribution in [0.2, 0.25) is 0 Å². The minimum absolute atomic E-state index is 0.0149. The van der Waals surface area contributed by atoms with Crippen LogP contribution in [0.25, 0.3) is 0 Å². The number of hydrogen-bond acceptors (Lipinski definition) is 3. The van der Waals surface area contributed by atoms with Gasteiger partial charge in [-0.1, -0.05) is 26.0 Å². The Morgan fingerprint density at radius 3 is 2.85 bits per heavy atom. The zero-order valence-corrected chi connectivity index (χ0v) is 12.1. The normalized spacial score (nSPS) is 16.0. The van der Waals surface area contributed by atoms with E-state index >= 15 is 0 Å². The van der Waals surface area contributed by atoms with Crippen LogP contribution in [-0.2, 0) is 4.79 Å². The number of carbonyl (C=O) groups is 1. The highest BCUT2D eigenvalue weighted by Crippen LogP contribution is 2.32. The number of hydrogen-bond donors (Lipinski definition) is 2. The first-order valence-electron chi connectivity index (χ1n) is 7.24. The Morgan fingerprint density at radius 1 is 1.45 bits per heavy atom. The third-order valence-electron chi connectivity index (χ3n) is 3.57. The van der Waals surface area contributed by atoms with Crippen molar-refractivity contribution in [2.45, 2.75) is 38.7 Å². The summed E-state index contributed by atoms with van der Waals surface area (Å²) in [5.74, 6) is 1.31. The van der Waals surface area contributed by atoms with E-state index in [4.69, 9.17) is 4.74 Å². The van der Waals surface area contributed by atoms with Gasteiger partial charge < -0.3 is 15.2 Å². The summed E-state index contributed by atoms with van der Waals surface area (Å²) < 4.78 is 5.47. The minimum atomic E-state index is -0.414. The van der Waals surface area contributed by atoms with E-state index in [1.807, 2.05) is 24.3 Å². The molecule has 1 amide bonds. The van der Waals surface area contributed by atoms with Crippen molar-refractivity contribution in [2.24, 2.45) is 5.92 Å². The molecule has 4 heteroatoms. The summed E-state index contributed by atoms with van der Waals surface area (Å²) in [6.45, 7) is 4.54. The maximum absolute atomic E-state index is 11.6. The van der Waals surface area contributed by atoms with Crippen molar-refractivity contribution in [2.75, 3.05) is 13.2 Å². The fraction of sp³-hybridized carbons (Fsp3) is 0.562. The lowest BCUT2D eigenvalue weighted by Gasteiger charge is -2.12. The summed E-state index contributed by atoms with van der Waals surface area (Å²) in [5, 5.41) is 12.4. The fourth-order valence-electron chi connectivity index (χ4n) is 2.03. The average molecular weight is 277 g/mol. The molecule has 1 saturated carbocycles. The lowest BCUT2D eigenvalue weighted by molar-refractivity contribution is -0.123. The van der Waals surface area contributed by atoms with E-state index in [9.17, 15) is 9.90 Å². The third-order valence-corrected chi connectivity index (χ3v) is 3.57. The molecule has 0 spiro atoms. The van der Waals surface area contributed by atoms with Gasteiger partial charge in [0.05, 0.1) is 6.10 Å². The maximum Gasteiger partial charge on any atom is 0.258 e. The Bertz CT molecular complexity index is 455. The smallest absolute Gasteiger partial charge is 0.258 e. The lowest BCUT2D eigenvalue weighted by atomic mass is 10.0. The quantitative estimate of drug-likeness (QED) is 0.802. The van der Waals surface area contributed by atoms with Gasteiger partial charge >= 0.3 is 0 Å². The number of ether oxygens (including phenoxy) is 1. The number of rotatable bonds is 7. The van der Waals surface area contributed by atoms with Gasteiger partial charge in [0.25, 0.3) is 5.91 Å². The van der Waals surface area contributed by atoms with Gasteiger partial charge in [-0.05, 0) is 42.4 Å². The number of amides is 1. The van der Waals surface area contributed by atoms with Crippen LogP contribution in [0.15, 0.2) is 24.3 Å².